The molecule has 1 atom stereocenters. The van der Waals surface area contributed by atoms with Crippen LogP contribution in [0, 0.1) is 6.92 Å². The molecule has 1 N–H and O–H groups in total. The van der Waals surface area contributed by atoms with Crippen molar-refractivity contribution in [2.45, 2.75) is 25.9 Å². The van der Waals surface area contributed by atoms with Gasteiger partial charge < -0.3 is 10.1 Å². The Morgan fingerprint density at radius 2 is 1.94 bits per heavy atom. The number of nitrogens with one attached hydrogen (secondary N) is 1. The van der Waals surface area contributed by atoms with Gasteiger partial charge in [0.1, 0.15) is 18.2 Å². The molecule has 5 aromatic rings. The molecule has 0 aliphatic carbocycles. The van der Waals surface area contributed by atoms with Gasteiger partial charge in [-0.2, -0.15) is 9.78 Å². The lowest BCUT2D eigenvalue weighted by Gasteiger charge is -2.23. The average molecular weight is 467 g/mol. The van der Waals surface area contributed by atoms with E-state index in [1.807, 2.05) is 54.7 Å². The fourth-order valence-corrected chi connectivity index (χ4v) is 5.22. The van der Waals surface area contributed by atoms with E-state index in [-0.39, 0.29) is 11.8 Å². The Bertz CT molecular complexity index is 1470. The van der Waals surface area contributed by atoms with Crippen LogP contribution in [0.15, 0.2) is 79.0 Å². The third kappa shape index (κ3) is 3.84. The van der Waals surface area contributed by atoms with Crippen LogP contribution in [0.2, 0.25) is 0 Å². The van der Waals surface area contributed by atoms with Gasteiger partial charge in [-0.25, -0.2) is 4.98 Å². The van der Waals surface area contributed by atoms with Gasteiger partial charge in [0.2, 0.25) is 11.0 Å². The van der Waals surface area contributed by atoms with Crippen molar-refractivity contribution >= 4 is 33.3 Å². The summed E-state index contributed by atoms with van der Waals surface area (Å²) in [5, 5.41) is 8.35. The van der Waals surface area contributed by atoms with Crippen LogP contribution >= 0.6 is 11.3 Å². The topological polar surface area (TPSA) is 69.0 Å². The minimum Gasteiger partial charge on any atom is -0.489 e. The van der Waals surface area contributed by atoms with Crippen molar-refractivity contribution in [3.8, 4) is 10.9 Å². The van der Waals surface area contributed by atoms with Crippen LogP contribution in [0.1, 0.15) is 34.6 Å². The van der Waals surface area contributed by atoms with Crippen molar-refractivity contribution in [3.05, 3.63) is 101 Å². The molecular weight excluding hydrogens is 444 g/mol. The minimum atomic E-state index is -0.102. The third-order valence-electron chi connectivity index (χ3n) is 6.07. The molecule has 1 amide bonds. The minimum absolute atomic E-state index is 0.0358. The highest BCUT2D eigenvalue weighted by molar-refractivity contribution is 7.20. The molecule has 7 heteroatoms. The molecule has 2 aromatic heterocycles. The molecule has 1 aliphatic rings. The van der Waals surface area contributed by atoms with Crippen molar-refractivity contribution in [3.63, 3.8) is 0 Å². The van der Waals surface area contributed by atoms with Crippen LogP contribution in [0.3, 0.4) is 0 Å². The number of rotatable bonds is 5. The summed E-state index contributed by atoms with van der Waals surface area (Å²) in [4.78, 5) is 17.4. The first-order valence-corrected chi connectivity index (χ1v) is 12.0. The molecule has 0 bridgehead atoms. The molecule has 3 aromatic carbocycles. The molecular formula is C27H22N4O2S. The summed E-state index contributed by atoms with van der Waals surface area (Å²) >= 11 is 1.55. The van der Waals surface area contributed by atoms with Crippen LogP contribution in [0.4, 0.5) is 5.82 Å². The van der Waals surface area contributed by atoms with E-state index >= 15 is 0 Å². The number of anilines is 1. The van der Waals surface area contributed by atoms with E-state index in [0.717, 1.165) is 37.8 Å². The van der Waals surface area contributed by atoms with Gasteiger partial charge in [-0.3, -0.25) is 4.79 Å². The van der Waals surface area contributed by atoms with Gasteiger partial charge >= 0.3 is 0 Å². The molecule has 6 rings (SSSR count). The summed E-state index contributed by atoms with van der Waals surface area (Å²) in [7, 11) is 0. The number of fused-ring (bicyclic) bond motifs is 2. The Morgan fingerprint density at radius 3 is 2.79 bits per heavy atom. The zero-order valence-corrected chi connectivity index (χ0v) is 19.4. The van der Waals surface area contributed by atoms with E-state index in [2.05, 4.69) is 41.6 Å². The molecule has 1 aliphatic heterocycles. The summed E-state index contributed by atoms with van der Waals surface area (Å²) in [6.45, 7) is 2.57. The molecule has 6 nitrogen and oxygen atoms in total. The number of ether oxygens (including phenoxy) is 1. The van der Waals surface area contributed by atoms with E-state index in [1.165, 1.54) is 5.56 Å². The molecule has 0 saturated heterocycles. The number of amides is 1. The number of nitrogens with zero attached hydrogens (tertiary/aromatic N) is 3. The molecule has 0 radical (unpaired) electrons. The number of aryl methyl sites for hydroxylation is 1. The fraction of sp³-hybridized carbons (Fsp3) is 0.148. The second-order valence-corrected chi connectivity index (χ2v) is 9.49. The third-order valence-corrected chi connectivity index (χ3v) is 7.08. The molecule has 0 saturated carbocycles. The zero-order valence-electron chi connectivity index (χ0n) is 18.6. The van der Waals surface area contributed by atoms with Crippen molar-refractivity contribution in [2.75, 3.05) is 5.32 Å². The maximum absolute atomic E-state index is 12.7. The standard InChI is InChI=1S/C27H22N4O2S/c1-17-9-11-18(12-10-17)16-33-20-6-4-5-19(13-20)21-14-25(32)30-26-22(21)15-28-31(26)27-29-23-7-2-3-8-24(23)34-27/h2-13,15,21H,14,16H2,1H3,(H,30,32)/t21-/m0/s1. The number of para-hydroxylation sites is 1. The summed E-state index contributed by atoms with van der Waals surface area (Å²) < 4.78 is 8.88. The number of benzene rings is 3. The number of thiazole rings is 1. The summed E-state index contributed by atoms with van der Waals surface area (Å²) in [5.74, 6) is 1.33. The van der Waals surface area contributed by atoms with Gasteiger partial charge in [0.15, 0.2) is 0 Å². The number of aromatic nitrogens is 3. The van der Waals surface area contributed by atoms with E-state index in [0.29, 0.717) is 18.8 Å². The number of hydrogen-bond acceptors (Lipinski definition) is 5. The lowest BCUT2D eigenvalue weighted by Crippen LogP contribution is -2.24. The highest BCUT2D eigenvalue weighted by Gasteiger charge is 2.31. The molecule has 0 unspecified atom stereocenters. The first kappa shape index (κ1) is 20.6. The number of hydrogen-bond donors (Lipinski definition) is 1. The molecule has 0 fully saturated rings. The Hall–Kier alpha value is -3.97. The fourth-order valence-electron chi connectivity index (χ4n) is 4.28. The number of carbonyl (C=O) groups excluding carboxylic acids is 1. The summed E-state index contributed by atoms with van der Waals surface area (Å²) in [6.07, 6.45) is 2.20. The van der Waals surface area contributed by atoms with Crippen LogP contribution in [-0.4, -0.2) is 20.7 Å². The van der Waals surface area contributed by atoms with E-state index in [9.17, 15) is 4.79 Å². The van der Waals surface area contributed by atoms with Crippen molar-refractivity contribution in [1.29, 1.82) is 0 Å². The largest absolute Gasteiger partial charge is 0.489 e. The predicted molar refractivity (Wildman–Crippen MR) is 134 cm³/mol. The van der Waals surface area contributed by atoms with Gasteiger partial charge in [0.25, 0.3) is 0 Å². The first-order valence-electron chi connectivity index (χ1n) is 11.2. The lowest BCUT2D eigenvalue weighted by molar-refractivity contribution is -0.116. The second-order valence-electron chi connectivity index (χ2n) is 8.48. The molecule has 34 heavy (non-hydrogen) atoms. The van der Waals surface area contributed by atoms with Crippen LogP contribution in [0.5, 0.6) is 5.75 Å². The van der Waals surface area contributed by atoms with Gasteiger partial charge in [0, 0.05) is 17.9 Å². The zero-order chi connectivity index (χ0) is 23.1. The maximum atomic E-state index is 12.7. The maximum Gasteiger partial charge on any atom is 0.226 e. The highest BCUT2D eigenvalue weighted by atomic mass is 32.1. The van der Waals surface area contributed by atoms with E-state index < -0.39 is 0 Å². The lowest BCUT2D eigenvalue weighted by atomic mass is 9.87. The van der Waals surface area contributed by atoms with Crippen molar-refractivity contribution in [1.82, 2.24) is 14.8 Å². The smallest absolute Gasteiger partial charge is 0.226 e. The molecule has 168 valence electrons. The predicted octanol–water partition coefficient (Wildman–Crippen LogP) is 5.84. The summed E-state index contributed by atoms with van der Waals surface area (Å²) in [5.41, 5.74) is 5.27. The van der Waals surface area contributed by atoms with Crippen molar-refractivity contribution in [2.24, 2.45) is 0 Å². The monoisotopic (exact) mass is 466 g/mol. The Morgan fingerprint density at radius 1 is 1.09 bits per heavy atom. The normalized spacial score (nSPS) is 15.2. The van der Waals surface area contributed by atoms with Gasteiger partial charge in [-0.15, -0.1) is 0 Å². The van der Waals surface area contributed by atoms with Crippen LogP contribution in [0.25, 0.3) is 15.3 Å². The van der Waals surface area contributed by atoms with Gasteiger partial charge in [0.05, 0.1) is 16.4 Å². The van der Waals surface area contributed by atoms with Crippen molar-refractivity contribution < 1.29 is 9.53 Å². The number of carbonyl (C=O) groups is 1. The van der Waals surface area contributed by atoms with Crippen LogP contribution in [-0.2, 0) is 11.4 Å². The van der Waals surface area contributed by atoms with Crippen LogP contribution < -0.4 is 10.1 Å². The Kier molecular flexibility index (Phi) is 5.11. The van der Waals surface area contributed by atoms with E-state index in [1.54, 1.807) is 16.0 Å². The first-order chi connectivity index (χ1) is 16.6. The Labute approximate surface area is 200 Å². The highest BCUT2D eigenvalue weighted by Crippen LogP contribution is 2.39. The SMILES string of the molecule is Cc1ccc(COc2cccc([C@@H]3CC(=O)Nc4c3cnn4-c3nc4ccccc4s3)c2)cc1. The second kappa shape index (κ2) is 8.43. The average Bonchev–Trinajstić information content (AvgIpc) is 3.47. The molecule has 0 spiro atoms. The molecule has 3 heterocycles. The van der Waals surface area contributed by atoms with E-state index in [4.69, 9.17) is 9.72 Å². The van der Waals surface area contributed by atoms with Gasteiger partial charge in [-0.05, 0) is 42.3 Å². The summed E-state index contributed by atoms with van der Waals surface area (Å²) in [6, 6.07) is 24.3. The Balaban J connectivity index is 1.30. The van der Waals surface area contributed by atoms with Gasteiger partial charge in [-0.1, -0.05) is 65.4 Å². The quantitative estimate of drug-likeness (QED) is 0.353.